The van der Waals surface area contributed by atoms with Crippen LogP contribution in [0, 0.1) is 0 Å². The number of nitrogens with one attached hydrogen (secondary N) is 2. The molecule has 0 amide bonds. The SMILES string of the molecule is C1CNCCN1.O=Cc1cccc(O)c1.Oc1cccc(CN2CCOCC2)c1. The van der Waals surface area contributed by atoms with Gasteiger partial charge in [-0.1, -0.05) is 24.3 Å². The molecule has 0 spiro atoms. The Hall–Kier alpha value is -2.45. The van der Waals surface area contributed by atoms with Crippen molar-refractivity contribution in [1.29, 1.82) is 0 Å². The minimum atomic E-state index is 0.125. The summed E-state index contributed by atoms with van der Waals surface area (Å²) in [6, 6.07) is 13.6. The number of carbonyl (C=O) groups is 1. The molecule has 4 N–H and O–H groups in total. The number of phenols is 2. The van der Waals surface area contributed by atoms with E-state index in [9.17, 15) is 9.90 Å². The molecular formula is C22H31N3O4. The average Bonchev–Trinajstić information content (AvgIpc) is 2.77. The van der Waals surface area contributed by atoms with Crippen molar-refractivity contribution in [2.75, 3.05) is 52.5 Å². The lowest BCUT2D eigenvalue weighted by atomic mass is 10.2. The number of hydrogen-bond donors (Lipinski definition) is 4. The van der Waals surface area contributed by atoms with Gasteiger partial charge >= 0.3 is 0 Å². The lowest BCUT2D eigenvalue weighted by Crippen LogP contribution is -2.39. The maximum absolute atomic E-state index is 10.0. The first kappa shape index (κ1) is 22.8. The first-order valence-corrected chi connectivity index (χ1v) is 9.91. The van der Waals surface area contributed by atoms with Gasteiger partial charge in [-0.3, -0.25) is 9.69 Å². The van der Waals surface area contributed by atoms with Gasteiger partial charge < -0.3 is 25.6 Å². The van der Waals surface area contributed by atoms with Gasteiger partial charge in [0.05, 0.1) is 13.2 Å². The maximum Gasteiger partial charge on any atom is 0.150 e. The van der Waals surface area contributed by atoms with Gasteiger partial charge in [0.2, 0.25) is 0 Å². The smallest absolute Gasteiger partial charge is 0.150 e. The monoisotopic (exact) mass is 401 g/mol. The van der Waals surface area contributed by atoms with Crippen molar-refractivity contribution in [2.45, 2.75) is 6.54 Å². The maximum atomic E-state index is 10.0. The summed E-state index contributed by atoms with van der Waals surface area (Å²) >= 11 is 0. The van der Waals surface area contributed by atoms with Crippen molar-refractivity contribution in [3.05, 3.63) is 59.7 Å². The quantitative estimate of drug-likeness (QED) is 0.581. The van der Waals surface area contributed by atoms with Gasteiger partial charge in [0.15, 0.2) is 0 Å². The van der Waals surface area contributed by atoms with E-state index >= 15 is 0 Å². The van der Waals surface area contributed by atoms with E-state index in [1.165, 1.54) is 12.1 Å². The van der Waals surface area contributed by atoms with Crippen LogP contribution in [-0.4, -0.2) is 73.9 Å². The molecule has 2 aliphatic rings. The molecule has 2 saturated heterocycles. The highest BCUT2D eigenvalue weighted by Crippen LogP contribution is 2.13. The molecule has 0 radical (unpaired) electrons. The Bertz CT molecular complexity index is 705. The van der Waals surface area contributed by atoms with E-state index in [1.807, 2.05) is 18.2 Å². The zero-order chi connectivity index (χ0) is 20.7. The summed E-state index contributed by atoms with van der Waals surface area (Å²) in [6.45, 7) is 9.06. The van der Waals surface area contributed by atoms with E-state index in [4.69, 9.17) is 9.84 Å². The van der Waals surface area contributed by atoms with Gasteiger partial charge in [-0.2, -0.15) is 0 Å². The second-order valence-electron chi connectivity index (χ2n) is 6.77. The second-order valence-corrected chi connectivity index (χ2v) is 6.77. The number of piperazine rings is 1. The lowest BCUT2D eigenvalue weighted by Gasteiger charge is -2.26. The molecule has 0 bridgehead atoms. The number of aldehydes is 1. The first-order valence-electron chi connectivity index (χ1n) is 9.91. The van der Waals surface area contributed by atoms with Crippen LogP contribution in [0.25, 0.3) is 0 Å². The predicted octanol–water partition coefficient (Wildman–Crippen LogP) is 1.61. The molecule has 2 aromatic carbocycles. The normalized spacial score (nSPS) is 16.6. The number of hydrogen-bond acceptors (Lipinski definition) is 7. The summed E-state index contributed by atoms with van der Waals surface area (Å²) in [5.74, 6) is 0.468. The van der Waals surface area contributed by atoms with Crippen molar-refractivity contribution in [3.8, 4) is 11.5 Å². The van der Waals surface area contributed by atoms with Crippen LogP contribution in [0.2, 0.25) is 0 Å². The number of nitrogens with zero attached hydrogens (tertiary/aromatic N) is 1. The van der Waals surface area contributed by atoms with Crippen LogP contribution >= 0.6 is 0 Å². The van der Waals surface area contributed by atoms with Crippen LogP contribution in [0.4, 0.5) is 0 Å². The second kappa shape index (κ2) is 13.7. The summed E-state index contributed by atoms with van der Waals surface area (Å²) < 4.78 is 5.27. The fourth-order valence-electron chi connectivity index (χ4n) is 2.87. The molecule has 0 aliphatic carbocycles. The molecule has 7 heteroatoms. The molecule has 2 aliphatic heterocycles. The molecule has 0 saturated carbocycles. The Morgan fingerprint density at radius 3 is 1.97 bits per heavy atom. The van der Waals surface area contributed by atoms with Gasteiger partial charge in [0.1, 0.15) is 17.8 Å². The van der Waals surface area contributed by atoms with Crippen molar-refractivity contribution in [1.82, 2.24) is 15.5 Å². The van der Waals surface area contributed by atoms with E-state index < -0.39 is 0 Å². The molecule has 2 fully saturated rings. The van der Waals surface area contributed by atoms with Gasteiger partial charge in [-0.15, -0.1) is 0 Å². The standard InChI is InChI=1S/C11H15NO2.C7H6O2.C4H10N2/c13-11-3-1-2-10(8-11)9-12-4-6-14-7-5-12;8-5-6-2-1-3-7(9)4-6;1-2-6-4-3-5-1/h1-3,8,13H,4-7,9H2;1-5,9H;5-6H,1-4H2. The lowest BCUT2D eigenvalue weighted by molar-refractivity contribution is 0.0342. The van der Waals surface area contributed by atoms with Gasteiger partial charge in [0, 0.05) is 51.4 Å². The minimum absolute atomic E-state index is 0.125. The predicted molar refractivity (Wildman–Crippen MR) is 113 cm³/mol. The summed E-state index contributed by atoms with van der Waals surface area (Å²) in [4.78, 5) is 12.4. The van der Waals surface area contributed by atoms with Crippen molar-refractivity contribution < 1.29 is 19.7 Å². The molecule has 7 nitrogen and oxygen atoms in total. The van der Waals surface area contributed by atoms with Crippen molar-refractivity contribution in [3.63, 3.8) is 0 Å². The van der Waals surface area contributed by atoms with Gasteiger partial charge in [0.25, 0.3) is 0 Å². The summed E-state index contributed by atoms with van der Waals surface area (Å²) in [5.41, 5.74) is 1.65. The molecule has 4 rings (SSSR count). The number of carbonyl (C=O) groups excluding carboxylic acids is 1. The Labute approximate surface area is 172 Å². The Balaban J connectivity index is 0.000000171. The topological polar surface area (TPSA) is 94.1 Å². The van der Waals surface area contributed by atoms with Crippen LogP contribution in [0.3, 0.4) is 0 Å². The van der Waals surface area contributed by atoms with Gasteiger partial charge in [-0.25, -0.2) is 0 Å². The zero-order valence-corrected chi connectivity index (χ0v) is 16.7. The average molecular weight is 402 g/mol. The van der Waals surface area contributed by atoms with E-state index in [0.29, 0.717) is 17.6 Å². The third-order valence-corrected chi connectivity index (χ3v) is 4.38. The fraction of sp³-hybridized carbons (Fsp3) is 0.409. The van der Waals surface area contributed by atoms with Crippen LogP contribution in [-0.2, 0) is 11.3 Å². The highest BCUT2D eigenvalue weighted by atomic mass is 16.5. The molecule has 0 unspecified atom stereocenters. The summed E-state index contributed by atoms with van der Waals surface area (Å²) in [5, 5.41) is 24.5. The fourth-order valence-corrected chi connectivity index (χ4v) is 2.87. The van der Waals surface area contributed by atoms with E-state index in [2.05, 4.69) is 15.5 Å². The van der Waals surface area contributed by atoms with Crippen LogP contribution in [0.5, 0.6) is 11.5 Å². The van der Waals surface area contributed by atoms with Crippen molar-refractivity contribution in [2.24, 2.45) is 0 Å². The molecule has 0 aromatic heterocycles. The number of rotatable bonds is 3. The largest absolute Gasteiger partial charge is 0.508 e. The molecular weight excluding hydrogens is 370 g/mol. The van der Waals surface area contributed by atoms with E-state index in [0.717, 1.165) is 64.6 Å². The third-order valence-electron chi connectivity index (χ3n) is 4.38. The number of benzene rings is 2. The summed E-state index contributed by atoms with van der Waals surface area (Å²) in [7, 11) is 0. The summed E-state index contributed by atoms with van der Waals surface area (Å²) in [6.07, 6.45) is 0.694. The zero-order valence-electron chi connectivity index (χ0n) is 16.7. The number of phenolic OH excluding ortho intramolecular Hbond substituents is 2. The molecule has 2 aromatic rings. The van der Waals surface area contributed by atoms with Crippen LogP contribution < -0.4 is 10.6 Å². The first-order chi connectivity index (χ1) is 14.2. The highest BCUT2D eigenvalue weighted by Gasteiger charge is 2.10. The molecule has 158 valence electrons. The van der Waals surface area contributed by atoms with Gasteiger partial charge in [-0.05, 0) is 29.8 Å². The molecule has 29 heavy (non-hydrogen) atoms. The van der Waals surface area contributed by atoms with Crippen LogP contribution in [0.1, 0.15) is 15.9 Å². The number of aromatic hydroxyl groups is 2. The Morgan fingerprint density at radius 2 is 1.48 bits per heavy atom. The Morgan fingerprint density at radius 1 is 0.897 bits per heavy atom. The highest BCUT2D eigenvalue weighted by molar-refractivity contribution is 5.75. The molecule has 2 heterocycles. The number of ether oxygens (including phenoxy) is 1. The van der Waals surface area contributed by atoms with E-state index in [-0.39, 0.29) is 5.75 Å². The van der Waals surface area contributed by atoms with E-state index in [1.54, 1.807) is 18.2 Å². The number of morpholine rings is 1. The minimum Gasteiger partial charge on any atom is -0.508 e. The van der Waals surface area contributed by atoms with Crippen LogP contribution in [0.15, 0.2) is 48.5 Å². The third kappa shape index (κ3) is 10.0. The van der Waals surface area contributed by atoms with Crippen molar-refractivity contribution >= 4 is 6.29 Å². The molecule has 0 atom stereocenters. The Kier molecular flexibility index (Phi) is 10.8.